The fourth-order valence-corrected chi connectivity index (χ4v) is 3.03. The Morgan fingerprint density at radius 2 is 1.82 bits per heavy atom. The van der Waals surface area contributed by atoms with Crippen molar-refractivity contribution in [3.05, 3.63) is 0 Å². The molecule has 0 aromatic rings. The van der Waals surface area contributed by atoms with Crippen LogP contribution in [0.15, 0.2) is 0 Å². The molecule has 0 atom stereocenters. The van der Waals surface area contributed by atoms with Gasteiger partial charge in [0.25, 0.3) is 0 Å². The number of carbonyl (C=O) groups is 1. The summed E-state index contributed by atoms with van der Waals surface area (Å²) in [7, 11) is 2.23. The van der Waals surface area contributed by atoms with Gasteiger partial charge in [-0.05, 0) is 45.8 Å². The van der Waals surface area contributed by atoms with E-state index in [1.165, 1.54) is 45.4 Å². The van der Waals surface area contributed by atoms with E-state index in [2.05, 4.69) is 16.8 Å². The molecular weight excluding hydrogens is 212 g/mol. The van der Waals surface area contributed by atoms with Crippen LogP contribution in [0, 0.1) is 0 Å². The van der Waals surface area contributed by atoms with Gasteiger partial charge in [0.05, 0.1) is 0 Å². The first-order chi connectivity index (χ1) is 8.25. The molecule has 1 saturated heterocycles. The van der Waals surface area contributed by atoms with Crippen molar-refractivity contribution in [2.75, 3.05) is 33.2 Å². The zero-order valence-electron chi connectivity index (χ0n) is 11.2. The summed E-state index contributed by atoms with van der Waals surface area (Å²) in [4.78, 5) is 16.3. The topological polar surface area (TPSA) is 23.6 Å². The lowest BCUT2D eigenvalue weighted by atomic mass is 9.93. The van der Waals surface area contributed by atoms with Crippen LogP contribution in [0.25, 0.3) is 0 Å². The summed E-state index contributed by atoms with van der Waals surface area (Å²) in [6, 6.07) is 0.650. The fraction of sp³-hybridized carbons (Fsp3) is 0.929. The van der Waals surface area contributed by atoms with Crippen LogP contribution in [0.3, 0.4) is 0 Å². The minimum atomic E-state index is 0.464. The highest BCUT2D eigenvalue weighted by Crippen LogP contribution is 2.19. The predicted molar refractivity (Wildman–Crippen MR) is 70.2 cm³/mol. The molecule has 98 valence electrons. The van der Waals surface area contributed by atoms with Crippen molar-refractivity contribution in [3.63, 3.8) is 0 Å². The van der Waals surface area contributed by atoms with E-state index in [0.717, 1.165) is 25.7 Å². The highest BCUT2D eigenvalue weighted by atomic mass is 16.1. The largest absolute Gasteiger partial charge is 0.302 e. The van der Waals surface area contributed by atoms with Gasteiger partial charge in [0.15, 0.2) is 0 Å². The molecule has 0 aromatic heterocycles. The fourth-order valence-electron chi connectivity index (χ4n) is 3.03. The normalized spacial score (nSPS) is 24.5. The minimum absolute atomic E-state index is 0.464. The maximum absolute atomic E-state index is 11.2. The van der Waals surface area contributed by atoms with Gasteiger partial charge in [0, 0.05) is 32.0 Å². The van der Waals surface area contributed by atoms with Crippen LogP contribution in [0.1, 0.15) is 44.9 Å². The number of carbonyl (C=O) groups excluding carboxylic acids is 1. The summed E-state index contributed by atoms with van der Waals surface area (Å²) in [5.41, 5.74) is 0. The van der Waals surface area contributed by atoms with Crippen LogP contribution >= 0.6 is 0 Å². The van der Waals surface area contributed by atoms with Crippen LogP contribution in [0.2, 0.25) is 0 Å². The Morgan fingerprint density at radius 1 is 1.18 bits per heavy atom. The Labute approximate surface area is 105 Å². The highest BCUT2D eigenvalue weighted by Gasteiger charge is 2.22. The lowest BCUT2D eigenvalue weighted by Crippen LogP contribution is -2.41. The van der Waals surface area contributed by atoms with E-state index in [1.807, 2.05) is 0 Å². The standard InChI is InChI=1S/C14H26N2O/c1-15(13-5-7-14(17)8-6-13)11-12-16-9-3-2-4-10-16/h13H,2-12H2,1H3. The Morgan fingerprint density at radius 3 is 2.47 bits per heavy atom. The minimum Gasteiger partial charge on any atom is -0.302 e. The third kappa shape index (κ3) is 4.07. The number of hydrogen-bond donors (Lipinski definition) is 0. The summed E-state index contributed by atoms with van der Waals surface area (Å²) < 4.78 is 0. The molecule has 1 aliphatic carbocycles. The molecule has 0 N–H and O–H groups in total. The smallest absolute Gasteiger partial charge is 0.133 e. The molecule has 1 saturated carbocycles. The third-order valence-electron chi connectivity index (χ3n) is 4.35. The molecule has 2 rings (SSSR count). The van der Waals surface area contributed by atoms with Gasteiger partial charge in [-0.3, -0.25) is 4.79 Å². The summed E-state index contributed by atoms with van der Waals surface area (Å²) in [5.74, 6) is 0.464. The van der Waals surface area contributed by atoms with Crippen molar-refractivity contribution in [1.29, 1.82) is 0 Å². The number of likely N-dealkylation sites (N-methyl/N-ethyl adjacent to an activating group) is 1. The Balaban J connectivity index is 1.65. The first kappa shape index (κ1) is 13.0. The highest BCUT2D eigenvalue weighted by molar-refractivity contribution is 5.79. The van der Waals surface area contributed by atoms with Gasteiger partial charge in [-0.15, -0.1) is 0 Å². The molecule has 0 aromatic carbocycles. The first-order valence-corrected chi connectivity index (χ1v) is 7.20. The quantitative estimate of drug-likeness (QED) is 0.747. The summed E-state index contributed by atoms with van der Waals surface area (Å²) in [5, 5.41) is 0. The van der Waals surface area contributed by atoms with Crippen molar-refractivity contribution >= 4 is 5.78 Å². The van der Waals surface area contributed by atoms with Gasteiger partial charge in [-0.2, -0.15) is 0 Å². The number of rotatable bonds is 4. The van der Waals surface area contributed by atoms with Gasteiger partial charge < -0.3 is 9.80 Å². The molecule has 3 nitrogen and oxygen atoms in total. The molecule has 1 heterocycles. The number of piperidine rings is 1. The van der Waals surface area contributed by atoms with Crippen molar-refractivity contribution in [2.45, 2.75) is 51.0 Å². The van der Waals surface area contributed by atoms with Crippen molar-refractivity contribution in [2.24, 2.45) is 0 Å². The zero-order chi connectivity index (χ0) is 12.1. The van der Waals surface area contributed by atoms with E-state index >= 15 is 0 Å². The number of hydrogen-bond acceptors (Lipinski definition) is 3. The predicted octanol–water partition coefficient (Wildman–Crippen LogP) is 1.92. The molecule has 0 amide bonds. The van der Waals surface area contributed by atoms with Crippen LogP contribution in [-0.2, 0) is 4.79 Å². The van der Waals surface area contributed by atoms with Crippen LogP contribution in [0.5, 0.6) is 0 Å². The molecule has 1 aliphatic heterocycles. The average molecular weight is 238 g/mol. The van der Waals surface area contributed by atoms with E-state index in [9.17, 15) is 4.79 Å². The molecule has 0 radical (unpaired) electrons. The van der Waals surface area contributed by atoms with Crippen molar-refractivity contribution in [1.82, 2.24) is 9.80 Å². The van der Waals surface area contributed by atoms with Crippen molar-refractivity contribution in [3.8, 4) is 0 Å². The summed E-state index contributed by atoms with van der Waals surface area (Å²) in [6.07, 6.45) is 7.93. The summed E-state index contributed by atoms with van der Waals surface area (Å²) in [6.45, 7) is 4.95. The van der Waals surface area contributed by atoms with Gasteiger partial charge in [0.1, 0.15) is 5.78 Å². The SMILES string of the molecule is CN(CCN1CCCCC1)C1CCC(=O)CC1. The maximum atomic E-state index is 11.2. The molecule has 0 unspecified atom stereocenters. The number of Topliss-reactive ketones (excluding diaryl/α,β-unsaturated/α-hetero) is 1. The van der Waals surface area contributed by atoms with E-state index in [1.54, 1.807) is 0 Å². The first-order valence-electron chi connectivity index (χ1n) is 7.20. The second kappa shape index (κ2) is 6.50. The van der Waals surface area contributed by atoms with Gasteiger partial charge in [-0.1, -0.05) is 6.42 Å². The summed E-state index contributed by atoms with van der Waals surface area (Å²) >= 11 is 0. The monoisotopic (exact) mass is 238 g/mol. The van der Waals surface area contributed by atoms with E-state index in [-0.39, 0.29) is 0 Å². The lowest BCUT2D eigenvalue weighted by molar-refractivity contribution is -0.121. The Bertz CT molecular complexity index is 239. The van der Waals surface area contributed by atoms with Gasteiger partial charge >= 0.3 is 0 Å². The van der Waals surface area contributed by atoms with Crippen LogP contribution in [0.4, 0.5) is 0 Å². The Hall–Kier alpha value is -0.410. The van der Waals surface area contributed by atoms with Crippen LogP contribution < -0.4 is 0 Å². The average Bonchev–Trinajstić information content (AvgIpc) is 2.38. The number of nitrogens with zero attached hydrogens (tertiary/aromatic N) is 2. The molecular formula is C14H26N2O. The zero-order valence-corrected chi connectivity index (χ0v) is 11.2. The van der Waals surface area contributed by atoms with Crippen LogP contribution in [-0.4, -0.2) is 54.9 Å². The molecule has 0 bridgehead atoms. The molecule has 2 fully saturated rings. The van der Waals surface area contributed by atoms with Crippen molar-refractivity contribution < 1.29 is 4.79 Å². The van der Waals surface area contributed by atoms with Gasteiger partial charge in [0.2, 0.25) is 0 Å². The van der Waals surface area contributed by atoms with Gasteiger partial charge in [-0.25, -0.2) is 0 Å². The molecule has 2 aliphatic rings. The molecule has 17 heavy (non-hydrogen) atoms. The number of ketones is 1. The maximum Gasteiger partial charge on any atom is 0.133 e. The second-order valence-corrected chi connectivity index (χ2v) is 5.65. The lowest BCUT2D eigenvalue weighted by Gasteiger charge is -2.33. The number of likely N-dealkylation sites (tertiary alicyclic amines) is 1. The molecule has 0 spiro atoms. The second-order valence-electron chi connectivity index (χ2n) is 5.65. The van der Waals surface area contributed by atoms with E-state index < -0.39 is 0 Å². The molecule has 3 heteroatoms. The van der Waals surface area contributed by atoms with E-state index in [0.29, 0.717) is 11.8 Å². The third-order valence-corrected chi connectivity index (χ3v) is 4.35. The Kier molecular flexibility index (Phi) is 4.99. The van der Waals surface area contributed by atoms with E-state index in [4.69, 9.17) is 0 Å².